The number of rotatable bonds is 7. The highest BCUT2D eigenvalue weighted by Crippen LogP contribution is 2.33. The molecule has 2 nitrogen and oxygen atoms in total. The molecule has 102 valence electrons. The van der Waals surface area contributed by atoms with E-state index in [-0.39, 0.29) is 16.9 Å². The Kier molecular flexibility index (Phi) is 6.39. The molecular formula is C15H31NO. The first kappa shape index (κ1) is 16.6. The van der Waals surface area contributed by atoms with Gasteiger partial charge in [-0.2, -0.15) is 0 Å². The second-order valence-corrected chi connectivity index (χ2v) is 6.18. The van der Waals surface area contributed by atoms with Gasteiger partial charge in [0.05, 0.1) is 6.10 Å². The van der Waals surface area contributed by atoms with E-state index in [1.165, 1.54) is 5.71 Å². The van der Waals surface area contributed by atoms with Crippen LogP contribution in [0, 0.1) is 10.8 Å². The Morgan fingerprint density at radius 3 is 1.94 bits per heavy atom. The van der Waals surface area contributed by atoms with Crippen molar-refractivity contribution in [3.63, 3.8) is 0 Å². The maximum atomic E-state index is 5.70. The first-order valence-corrected chi connectivity index (χ1v) is 6.74. The molecular weight excluding hydrogens is 210 g/mol. The van der Waals surface area contributed by atoms with Gasteiger partial charge in [0, 0.05) is 31.7 Å². The molecule has 2 heteroatoms. The van der Waals surface area contributed by atoms with Crippen molar-refractivity contribution >= 4 is 5.71 Å². The third-order valence-corrected chi connectivity index (χ3v) is 4.38. The van der Waals surface area contributed by atoms with E-state index in [0.29, 0.717) is 0 Å². The lowest BCUT2D eigenvalue weighted by Crippen LogP contribution is -2.36. The van der Waals surface area contributed by atoms with Crippen molar-refractivity contribution in [3.05, 3.63) is 0 Å². The maximum absolute atomic E-state index is 5.70. The van der Waals surface area contributed by atoms with Crippen molar-refractivity contribution in [2.45, 2.75) is 66.9 Å². The van der Waals surface area contributed by atoms with Crippen molar-refractivity contribution in [2.24, 2.45) is 15.8 Å². The number of nitrogens with zero attached hydrogens (tertiary/aromatic N) is 1. The molecule has 0 aromatic carbocycles. The summed E-state index contributed by atoms with van der Waals surface area (Å²) >= 11 is 0. The number of hydrogen-bond acceptors (Lipinski definition) is 2. The Labute approximate surface area is 108 Å². The molecule has 0 aliphatic heterocycles. The van der Waals surface area contributed by atoms with Crippen LogP contribution in [0.1, 0.15) is 60.8 Å². The van der Waals surface area contributed by atoms with Crippen molar-refractivity contribution in [3.8, 4) is 0 Å². The number of methoxy groups -OCH3 is 1. The molecule has 0 rings (SSSR count). The van der Waals surface area contributed by atoms with Gasteiger partial charge in [-0.3, -0.25) is 4.99 Å². The summed E-state index contributed by atoms with van der Waals surface area (Å²) in [6, 6.07) is 0. The van der Waals surface area contributed by atoms with Crippen LogP contribution in [0.4, 0.5) is 0 Å². The molecule has 1 atom stereocenters. The van der Waals surface area contributed by atoms with Crippen molar-refractivity contribution in [1.82, 2.24) is 0 Å². The molecule has 0 saturated carbocycles. The van der Waals surface area contributed by atoms with Gasteiger partial charge in [0.1, 0.15) is 0 Å². The fourth-order valence-electron chi connectivity index (χ4n) is 1.96. The third kappa shape index (κ3) is 4.42. The molecule has 0 radical (unpaired) electrons. The lowest BCUT2D eigenvalue weighted by Gasteiger charge is -2.35. The summed E-state index contributed by atoms with van der Waals surface area (Å²) in [7, 11) is 3.71. The summed E-state index contributed by atoms with van der Waals surface area (Å²) in [6.07, 6.45) is 3.42. The SMILES string of the molecule is CCC(C)(C)C(CC(OC)C(C)(C)CC)=NC. The molecule has 0 spiro atoms. The van der Waals surface area contributed by atoms with Gasteiger partial charge >= 0.3 is 0 Å². The molecule has 0 bridgehead atoms. The van der Waals surface area contributed by atoms with Crippen molar-refractivity contribution < 1.29 is 4.74 Å². The van der Waals surface area contributed by atoms with E-state index in [1.54, 1.807) is 0 Å². The number of hydrogen-bond donors (Lipinski definition) is 0. The molecule has 0 N–H and O–H groups in total. The highest BCUT2D eigenvalue weighted by Gasteiger charge is 2.32. The predicted octanol–water partition coefficient (Wildman–Crippen LogP) is 4.33. The van der Waals surface area contributed by atoms with Crippen molar-refractivity contribution in [2.75, 3.05) is 14.2 Å². The predicted molar refractivity (Wildman–Crippen MR) is 76.9 cm³/mol. The monoisotopic (exact) mass is 241 g/mol. The summed E-state index contributed by atoms with van der Waals surface area (Å²) < 4.78 is 5.70. The Balaban J connectivity index is 4.90. The Bertz CT molecular complexity index is 254. The van der Waals surface area contributed by atoms with Crippen LogP contribution in [0.3, 0.4) is 0 Å². The standard InChI is InChI=1S/C15H31NO/c1-9-14(3,4)12(16-7)11-13(17-8)15(5,6)10-2/h13H,9-11H2,1-8H3. The fourth-order valence-corrected chi connectivity index (χ4v) is 1.96. The van der Waals surface area contributed by atoms with Gasteiger partial charge in [-0.15, -0.1) is 0 Å². The molecule has 1 unspecified atom stereocenters. The molecule has 0 aromatic heterocycles. The Morgan fingerprint density at radius 1 is 1.12 bits per heavy atom. The van der Waals surface area contributed by atoms with Crippen LogP contribution in [0.25, 0.3) is 0 Å². The van der Waals surface area contributed by atoms with E-state index >= 15 is 0 Å². The van der Waals surface area contributed by atoms with Gasteiger partial charge in [-0.25, -0.2) is 0 Å². The zero-order chi connectivity index (χ0) is 13.7. The van der Waals surface area contributed by atoms with Gasteiger partial charge in [0.25, 0.3) is 0 Å². The van der Waals surface area contributed by atoms with E-state index in [9.17, 15) is 0 Å². The number of ether oxygens (including phenoxy) is 1. The van der Waals surface area contributed by atoms with E-state index in [2.05, 4.69) is 46.5 Å². The minimum absolute atomic E-state index is 0.176. The van der Waals surface area contributed by atoms with Crippen molar-refractivity contribution in [1.29, 1.82) is 0 Å². The van der Waals surface area contributed by atoms with Crippen LogP contribution in [0.15, 0.2) is 4.99 Å². The second kappa shape index (κ2) is 6.53. The van der Waals surface area contributed by atoms with Crippen LogP contribution in [-0.2, 0) is 4.74 Å². The third-order valence-electron chi connectivity index (χ3n) is 4.38. The normalized spacial score (nSPS) is 16.1. The molecule has 0 saturated heterocycles. The lowest BCUT2D eigenvalue weighted by molar-refractivity contribution is 0.00902. The minimum Gasteiger partial charge on any atom is -0.381 e. The van der Waals surface area contributed by atoms with Crippen LogP contribution in [0.2, 0.25) is 0 Å². The van der Waals surface area contributed by atoms with E-state index in [0.717, 1.165) is 19.3 Å². The second-order valence-electron chi connectivity index (χ2n) is 6.18. The van der Waals surface area contributed by atoms with Gasteiger partial charge in [0.2, 0.25) is 0 Å². The van der Waals surface area contributed by atoms with E-state index in [1.807, 2.05) is 14.2 Å². The molecule has 0 amide bonds. The highest BCUT2D eigenvalue weighted by atomic mass is 16.5. The largest absolute Gasteiger partial charge is 0.381 e. The summed E-state index contributed by atoms with van der Waals surface area (Å²) in [5.41, 5.74) is 1.65. The first-order valence-electron chi connectivity index (χ1n) is 6.74. The zero-order valence-electron chi connectivity index (χ0n) is 13.1. The average molecular weight is 241 g/mol. The zero-order valence-corrected chi connectivity index (χ0v) is 13.1. The molecule has 0 aliphatic carbocycles. The molecule has 17 heavy (non-hydrogen) atoms. The summed E-state index contributed by atoms with van der Waals surface area (Å²) in [6.45, 7) is 13.5. The molecule has 0 fully saturated rings. The summed E-state index contributed by atoms with van der Waals surface area (Å²) in [5, 5.41) is 0. The van der Waals surface area contributed by atoms with Crippen LogP contribution < -0.4 is 0 Å². The smallest absolute Gasteiger partial charge is 0.0674 e. The topological polar surface area (TPSA) is 21.6 Å². The lowest BCUT2D eigenvalue weighted by atomic mass is 9.76. The number of aliphatic imine (C=N–C) groups is 1. The van der Waals surface area contributed by atoms with E-state index in [4.69, 9.17) is 4.74 Å². The summed E-state index contributed by atoms with van der Waals surface area (Å²) in [5.74, 6) is 0. The summed E-state index contributed by atoms with van der Waals surface area (Å²) in [4.78, 5) is 4.50. The average Bonchev–Trinajstić information content (AvgIpc) is 2.29. The first-order chi connectivity index (χ1) is 7.75. The van der Waals surface area contributed by atoms with Gasteiger partial charge < -0.3 is 4.74 Å². The quantitative estimate of drug-likeness (QED) is 0.608. The maximum Gasteiger partial charge on any atom is 0.0674 e. The van der Waals surface area contributed by atoms with E-state index < -0.39 is 0 Å². The minimum atomic E-state index is 0.176. The van der Waals surface area contributed by atoms with Crippen LogP contribution in [-0.4, -0.2) is 26.0 Å². The van der Waals surface area contributed by atoms with Crippen LogP contribution in [0.5, 0.6) is 0 Å². The molecule has 0 heterocycles. The van der Waals surface area contributed by atoms with Gasteiger partial charge in [-0.1, -0.05) is 41.5 Å². The Morgan fingerprint density at radius 2 is 1.65 bits per heavy atom. The fraction of sp³-hybridized carbons (Fsp3) is 0.933. The van der Waals surface area contributed by atoms with Crippen LogP contribution >= 0.6 is 0 Å². The molecule has 0 aromatic rings. The highest BCUT2D eigenvalue weighted by molar-refractivity contribution is 5.89. The van der Waals surface area contributed by atoms with Gasteiger partial charge in [-0.05, 0) is 18.3 Å². The Hall–Kier alpha value is -0.370. The molecule has 0 aliphatic rings. The van der Waals surface area contributed by atoms with Gasteiger partial charge in [0.15, 0.2) is 0 Å².